The summed E-state index contributed by atoms with van der Waals surface area (Å²) in [6.45, 7) is 5.96. The molecule has 2 nitrogen and oxygen atoms in total. The van der Waals surface area contributed by atoms with E-state index in [0.29, 0.717) is 5.56 Å². The number of aromatic nitrogens is 2. The van der Waals surface area contributed by atoms with Crippen LogP contribution in [0.15, 0.2) is 18.5 Å². The van der Waals surface area contributed by atoms with E-state index in [9.17, 15) is 4.39 Å². The molecule has 1 N–H and O–H groups in total. The Labute approximate surface area is 82.2 Å². The fourth-order valence-electron chi connectivity index (χ4n) is 1.70. The molecule has 3 heteroatoms. The first kappa shape index (κ1) is 9.19. The smallest absolute Gasteiger partial charge is 0.129 e. The molecule has 74 valence electrons. The molecule has 0 unspecified atom stereocenters. The van der Waals surface area contributed by atoms with Crippen LogP contribution in [-0.4, -0.2) is 9.97 Å². The van der Waals surface area contributed by atoms with Gasteiger partial charge in [-0.15, -0.1) is 0 Å². The van der Waals surface area contributed by atoms with Gasteiger partial charge in [-0.25, -0.2) is 9.37 Å². The van der Waals surface area contributed by atoms with Crippen molar-refractivity contribution in [2.45, 2.75) is 26.2 Å². The molecule has 2 aromatic rings. The molecule has 1 heterocycles. The average Bonchev–Trinajstić information content (AvgIpc) is 2.48. The summed E-state index contributed by atoms with van der Waals surface area (Å²) in [5.74, 6) is -0.183. The van der Waals surface area contributed by atoms with E-state index in [2.05, 4.69) is 9.97 Å². The van der Waals surface area contributed by atoms with Crippen LogP contribution in [0.1, 0.15) is 26.3 Å². The number of imidazole rings is 1. The number of halogens is 1. The topological polar surface area (TPSA) is 28.7 Å². The Bertz CT molecular complexity index is 466. The highest BCUT2D eigenvalue weighted by Gasteiger charge is 2.22. The van der Waals surface area contributed by atoms with Crippen molar-refractivity contribution in [3.63, 3.8) is 0 Å². The Kier molecular flexibility index (Phi) is 1.84. The number of hydrogen-bond acceptors (Lipinski definition) is 1. The van der Waals surface area contributed by atoms with Crippen LogP contribution in [0.25, 0.3) is 11.0 Å². The summed E-state index contributed by atoms with van der Waals surface area (Å²) in [4.78, 5) is 7.13. The molecule has 0 aliphatic carbocycles. The van der Waals surface area contributed by atoms with Crippen molar-refractivity contribution in [1.29, 1.82) is 0 Å². The average molecular weight is 192 g/mol. The third-order valence-corrected chi connectivity index (χ3v) is 2.29. The standard InChI is InChI=1S/C11H13FN2/c1-11(2,3)9-7(12)4-5-8-10(9)14-6-13-8/h4-6H,1-3H3,(H,13,14). The van der Waals surface area contributed by atoms with Gasteiger partial charge in [0.1, 0.15) is 5.82 Å². The summed E-state index contributed by atoms with van der Waals surface area (Å²) >= 11 is 0. The molecule has 0 spiro atoms. The van der Waals surface area contributed by atoms with Crippen molar-refractivity contribution in [3.8, 4) is 0 Å². The largest absolute Gasteiger partial charge is 0.345 e. The van der Waals surface area contributed by atoms with Gasteiger partial charge in [0.2, 0.25) is 0 Å². The van der Waals surface area contributed by atoms with Crippen LogP contribution >= 0.6 is 0 Å². The molecule has 1 aromatic heterocycles. The van der Waals surface area contributed by atoms with Crippen LogP contribution in [0.5, 0.6) is 0 Å². The van der Waals surface area contributed by atoms with Crippen LogP contribution in [0, 0.1) is 5.82 Å². The SMILES string of the molecule is CC(C)(C)c1c(F)ccc2[nH]cnc12. The van der Waals surface area contributed by atoms with Crippen molar-refractivity contribution in [1.82, 2.24) is 9.97 Å². The van der Waals surface area contributed by atoms with Crippen LogP contribution in [0.4, 0.5) is 4.39 Å². The maximum atomic E-state index is 13.6. The van der Waals surface area contributed by atoms with E-state index in [1.165, 1.54) is 6.07 Å². The Balaban J connectivity index is 2.83. The first-order valence-corrected chi connectivity index (χ1v) is 4.62. The second-order valence-corrected chi connectivity index (χ2v) is 4.47. The fraction of sp³-hybridized carbons (Fsp3) is 0.364. The van der Waals surface area contributed by atoms with Crippen LogP contribution in [-0.2, 0) is 5.41 Å². The Hall–Kier alpha value is -1.38. The van der Waals surface area contributed by atoms with E-state index < -0.39 is 0 Å². The molecule has 0 saturated carbocycles. The highest BCUT2D eigenvalue weighted by molar-refractivity contribution is 5.79. The molecule has 0 aliphatic rings. The van der Waals surface area contributed by atoms with E-state index in [-0.39, 0.29) is 11.2 Å². The summed E-state index contributed by atoms with van der Waals surface area (Å²) in [7, 11) is 0. The summed E-state index contributed by atoms with van der Waals surface area (Å²) in [5, 5.41) is 0. The van der Waals surface area contributed by atoms with Crippen LogP contribution in [0.2, 0.25) is 0 Å². The minimum Gasteiger partial charge on any atom is -0.345 e. The quantitative estimate of drug-likeness (QED) is 0.683. The lowest BCUT2D eigenvalue weighted by Crippen LogP contribution is -2.14. The zero-order valence-electron chi connectivity index (χ0n) is 8.56. The Morgan fingerprint density at radius 3 is 2.64 bits per heavy atom. The van der Waals surface area contributed by atoms with Gasteiger partial charge in [-0.3, -0.25) is 0 Å². The number of benzene rings is 1. The molecule has 0 amide bonds. The van der Waals surface area contributed by atoms with Gasteiger partial charge in [-0.1, -0.05) is 20.8 Å². The van der Waals surface area contributed by atoms with Crippen molar-refractivity contribution in [3.05, 3.63) is 29.8 Å². The van der Waals surface area contributed by atoms with E-state index in [1.54, 1.807) is 12.4 Å². The fourth-order valence-corrected chi connectivity index (χ4v) is 1.70. The molecule has 14 heavy (non-hydrogen) atoms. The monoisotopic (exact) mass is 192 g/mol. The first-order valence-electron chi connectivity index (χ1n) is 4.62. The number of nitrogens with zero attached hydrogens (tertiary/aromatic N) is 1. The number of rotatable bonds is 0. The highest BCUT2D eigenvalue weighted by atomic mass is 19.1. The first-order chi connectivity index (χ1) is 6.50. The summed E-state index contributed by atoms with van der Waals surface area (Å²) in [5.41, 5.74) is 2.07. The maximum absolute atomic E-state index is 13.6. The normalized spacial score (nSPS) is 12.3. The molecule has 0 radical (unpaired) electrons. The van der Waals surface area contributed by atoms with Crippen molar-refractivity contribution in [2.75, 3.05) is 0 Å². The van der Waals surface area contributed by atoms with Crippen molar-refractivity contribution < 1.29 is 4.39 Å². The van der Waals surface area contributed by atoms with Crippen LogP contribution in [0.3, 0.4) is 0 Å². The lowest BCUT2D eigenvalue weighted by Gasteiger charge is -2.19. The maximum Gasteiger partial charge on any atom is 0.129 e. The van der Waals surface area contributed by atoms with Gasteiger partial charge in [-0.05, 0) is 17.5 Å². The zero-order valence-corrected chi connectivity index (χ0v) is 8.56. The van der Waals surface area contributed by atoms with Gasteiger partial charge < -0.3 is 4.98 Å². The molecular formula is C11H13FN2. The van der Waals surface area contributed by atoms with Gasteiger partial charge in [0.15, 0.2) is 0 Å². The third-order valence-electron chi connectivity index (χ3n) is 2.29. The number of H-pyrrole nitrogens is 1. The van der Waals surface area contributed by atoms with E-state index in [0.717, 1.165) is 11.0 Å². The lowest BCUT2D eigenvalue weighted by molar-refractivity contribution is 0.527. The summed E-state index contributed by atoms with van der Waals surface area (Å²) in [6.07, 6.45) is 1.60. The van der Waals surface area contributed by atoms with Gasteiger partial charge in [0, 0.05) is 5.56 Å². The molecule has 1 aromatic carbocycles. The predicted molar refractivity (Wildman–Crippen MR) is 54.8 cm³/mol. The van der Waals surface area contributed by atoms with Crippen molar-refractivity contribution >= 4 is 11.0 Å². The van der Waals surface area contributed by atoms with Gasteiger partial charge in [0.25, 0.3) is 0 Å². The van der Waals surface area contributed by atoms with Gasteiger partial charge in [0.05, 0.1) is 17.4 Å². The minimum absolute atomic E-state index is 0.183. The predicted octanol–water partition coefficient (Wildman–Crippen LogP) is 3.00. The molecule has 2 rings (SSSR count). The molecule has 0 atom stereocenters. The van der Waals surface area contributed by atoms with E-state index in [4.69, 9.17) is 0 Å². The van der Waals surface area contributed by atoms with E-state index in [1.807, 2.05) is 20.8 Å². The number of hydrogen-bond donors (Lipinski definition) is 1. The summed E-state index contributed by atoms with van der Waals surface area (Å²) in [6, 6.07) is 3.20. The second kappa shape index (κ2) is 2.80. The van der Waals surface area contributed by atoms with Crippen LogP contribution < -0.4 is 0 Å². The number of nitrogens with one attached hydrogen (secondary N) is 1. The number of fused-ring (bicyclic) bond motifs is 1. The summed E-state index contributed by atoms with van der Waals surface area (Å²) < 4.78 is 13.6. The minimum atomic E-state index is -0.223. The molecular weight excluding hydrogens is 179 g/mol. The Morgan fingerprint density at radius 2 is 2.00 bits per heavy atom. The second-order valence-electron chi connectivity index (χ2n) is 4.47. The van der Waals surface area contributed by atoms with Crippen molar-refractivity contribution in [2.24, 2.45) is 0 Å². The zero-order chi connectivity index (χ0) is 10.3. The van der Waals surface area contributed by atoms with Gasteiger partial charge in [-0.2, -0.15) is 0 Å². The number of aromatic amines is 1. The van der Waals surface area contributed by atoms with E-state index >= 15 is 0 Å². The highest BCUT2D eigenvalue weighted by Crippen LogP contribution is 2.30. The molecule has 0 saturated heterocycles. The third kappa shape index (κ3) is 1.29. The molecule has 0 fully saturated rings. The molecule has 0 bridgehead atoms. The lowest BCUT2D eigenvalue weighted by atomic mass is 9.86. The molecule has 0 aliphatic heterocycles. The Morgan fingerprint density at radius 1 is 1.29 bits per heavy atom. The van der Waals surface area contributed by atoms with Gasteiger partial charge >= 0.3 is 0 Å².